The van der Waals surface area contributed by atoms with Gasteiger partial charge in [-0.1, -0.05) is 0 Å². The van der Waals surface area contributed by atoms with Gasteiger partial charge in [-0.2, -0.15) is 0 Å². The summed E-state index contributed by atoms with van der Waals surface area (Å²) in [6, 6.07) is -0.531. The lowest BCUT2D eigenvalue weighted by Crippen LogP contribution is -2.32. The predicted molar refractivity (Wildman–Crippen MR) is 37.5 cm³/mol. The maximum atomic E-state index is 10.1. The Hall–Kier alpha value is -0.810. The molecule has 5 heteroatoms. The predicted octanol–water partition coefficient (Wildman–Crippen LogP) is -1.37. The number of carbonyl (C=O) groups excluding carboxylic acids is 1. The van der Waals surface area contributed by atoms with Gasteiger partial charge in [0.2, 0.25) is 0 Å². The molecular weight excluding hydrogens is 134 g/mol. The van der Waals surface area contributed by atoms with Crippen LogP contribution in [0.4, 0.5) is 4.79 Å². The largest absolute Gasteiger partial charge is 0.378 e. The summed E-state index contributed by atoms with van der Waals surface area (Å²) in [6.45, 7) is 1.91. The number of rotatable bonds is 5. The van der Waals surface area contributed by atoms with Crippen molar-refractivity contribution in [3.05, 3.63) is 0 Å². The Morgan fingerprint density at radius 1 is 1.50 bits per heavy atom. The lowest BCUT2D eigenvalue weighted by molar-refractivity contribution is 0.144. The second kappa shape index (κ2) is 6.31. The van der Waals surface area contributed by atoms with E-state index in [1.54, 1.807) is 0 Å². The molecule has 60 valence electrons. The van der Waals surface area contributed by atoms with Gasteiger partial charge in [0.1, 0.15) is 0 Å². The second-order valence-corrected chi connectivity index (χ2v) is 1.69. The second-order valence-electron chi connectivity index (χ2n) is 1.69. The molecule has 5 N–H and O–H groups in total. The zero-order chi connectivity index (χ0) is 7.82. The van der Waals surface area contributed by atoms with Crippen molar-refractivity contribution >= 4 is 6.03 Å². The van der Waals surface area contributed by atoms with Crippen LogP contribution < -0.4 is 16.8 Å². The minimum atomic E-state index is -0.531. The van der Waals surface area contributed by atoms with Crippen molar-refractivity contribution in [3.63, 3.8) is 0 Å². The molecule has 0 bridgehead atoms. The number of nitrogens with one attached hydrogen (secondary N) is 1. The van der Waals surface area contributed by atoms with Crippen molar-refractivity contribution in [3.8, 4) is 0 Å². The highest BCUT2D eigenvalue weighted by Gasteiger charge is 1.89. The molecule has 0 saturated heterocycles. The van der Waals surface area contributed by atoms with Crippen LogP contribution in [0.2, 0.25) is 0 Å². The molecule has 0 spiro atoms. The minimum absolute atomic E-state index is 0.440. The number of ether oxygens (including phenoxy) is 1. The molecule has 0 unspecified atom stereocenters. The van der Waals surface area contributed by atoms with Crippen LogP contribution in [0.15, 0.2) is 0 Å². The molecule has 0 rings (SSSR count). The van der Waals surface area contributed by atoms with E-state index in [0.29, 0.717) is 26.3 Å². The molecular formula is C5H13N3O2. The van der Waals surface area contributed by atoms with Crippen LogP contribution in [0.5, 0.6) is 0 Å². The lowest BCUT2D eigenvalue weighted by Gasteiger charge is -2.01. The average Bonchev–Trinajstić information content (AvgIpc) is 1.87. The number of nitrogens with two attached hydrogens (primary N) is 2. The molecule has 0 aliphatic carbocycles. The molecule has 0 saturated carbocycles. The van der Waals surface area contributed by atoms with Gasteiger partial charge in [0.15, 0.2) is 0 Å². The van der Waals surface area contributed by atoms with Crippen molar-refractivity contribution in [1.29, 1.82) is 0 Å². The molecule has 0 aromatic heterocycles. The quantitative estimate of drug-likeness (QED) is 0.419. The molecule has 0 radical (unpaired) electrons. The zero-order valence-corrected chi connectivity index (χ0v) is 5.80. The smallest absolute Gasteiger partial charge is 0.312 e. The van der Waals surface area contributed by atoms with E-state index in [9.17, 15) is 4.79 Å². The van der Waals surface area contributed by atoms with E-state index in [-0.39, 0.29) is 0 Å². The molecule has 0 aromatic rings. The van der Waals surface area contributed by atoms with Gasteiger partial charge in [-0.25, -0.2) is 4.79 Å². The Morgan fingerprint density at radius 3 is 2.70 bits per heavy atom. The summed E-state index contributed by atoms with van der Waals surface area (Å²) in [7, 11) is 0. The highest BCUT2D eigenvalue weighted by atomic mass is 16.5. The summed E-state index contributed by atoms with van der Waals surface area (Å²) in [5, 5.41) is 2.38. The van der Waals surface area contributed by atoms with Crippen molar-refractivity contribution in [2.24, 2.45) is 11.5 Å². The molecule has 10 heavy (non-hydrogen) atoms. The first kappa shape index (κ1) is 9.19. The zero-order valence-electron chi connectivity index (χ0n) is 5.80. The van der Waals surface area contributed by atoms with Crippen LogP contribution in [-0.2, 0) is 4.74 Å². The topological polar surface area (TPSA) is 90.4 Å². The van der Waals surface area contributed by atoms with Gasteiger partial charge in [-0.05, 0) is 0 Å². The van der Waals surface area contributed by atoms with Gasteiger partial charge in [0.05, 0.1) is 13.2 Å². The summed E-state index contributed by atoms with van der Waals surface area (Å²) < 4.78 is 4.94. The standard InChI is InChI=1S/C5H13N3O2/c6-1-3-10-4-2-8-5(7)9/h1-4,6H2,(H3,7,8,9). The normalized spacial score (nSPS) is 9.30. The fourth-order valence-electron chi connectivity index (χ4n) is 0.432. The van der Waals surface area contributed by atoms with E-state index in [4.69, 9.17) is 16.2 Å². The number of hydrogen-bond donors (Lipinski definition) is 3. The SMILES string of the molecule is NCCOCCNC(N)=O. The van der Waals surface area contributed by atoms with Gasteiger partial charge in [-0.3, -0.25) is 0 Å². The number of hydrogen-bond acceptors (Lipinski definition) is 3. The number of urea groups is 1. The van der Waals surface area contributed by atoms with Crippen LogP contribution in [0.3, 0.4) is 0 Å². The van der Waals surface area contributed by atoms with Gasteiger partial charge in [0.25, 0.3) is 0 Å². The first-order valence-electron chi connectivity index (χ1n) is 3.08. The Kier molecular flexibility index (Phi) is 5.80. The van der Waals surface area contributed by atoms with Crippen molar-refractivity contribution in [2.45, 2.75) is 0 Å². The van der Waals surface area contributed by atoms with E-state index < -0.39 is 6.03 Å². The average molecular weight is 147 g/mol. The highest BCUT2D eigenvalue weighted by Crippen LogP contribution is 1.69. The van der Waals surface area contributed by atoms with Crippen LogP contribution in [-0.4, -0.2) is 32.3 Å². The summed E-state index contributed by atoms with van der Waals surface area (Å²) >= 11 is 0. The van der Waals surface area contributed by atoms with Crippen LogP contribution >= 0.6 is 0 Å². The number of carbonyl (C=O) groups is 1. The maximum absolute atomic E-state index is 10.1. The van der Waals surface area contributed by atoms with E-state index in [2.05, 4.69) is 5.32 Å². The lowest BCUT2D eigenvalue weighted by atomic mass is 10.6. The maximum Gasteiger partial charge on any atom is 0.312 e. The monoisotopic (exact) mass is 147 g/mol. The fraction of sp³-hybridized carbons (Fsp3) is 0.800. The van der Waals surface area contributed by atoms with E-state index in [1.807, 2.05) is 0 Å². The fourth-order valence-corrected chi connectivity index (χ4v) is 0.432. The molecule has 0 fully saturated rings. The molecule has 0 atom stereocenters. The van der Waals surface area contributed by atoms with Gasteiger partial charge < -0.3 is 21.5 Å². The third-order valence-electron chi connectivity index (χ3n) is 0.808. The van der Waals surface area contributed by atoms with Crippen LogP contribution in [0.1, 0.15) is 0 Å². The van der Waals surface area contributed by atoms with Crippen LogP contribution in [0, 0.1) is 0 Å². The van der Waals surface area contributed by atoms with E-state index >= 15 is 0 Å². The summed E-state index contributed by atoms with van der Waals surface area (Å²) in [5.41, 5.74) is 9.91. The molecule has 0 aliphatic heterocycles. The van der Waals surface area contributed by atoms with Crippen molar-refractivity contribution in [1.82, 2.24) is 5.32 Å². The van der Waals surface area contributed by atoms with Gasteiger partial charge in [-0.15, -0.1) is 0 Å². The first-order valence-corrected chi connectivity index (χ1v) is 3.08. The van der Waals surface area contributed by atoms with Crippen molar-refractivity contribution in [2.75, 3.05) is 26.3 Å². The summed E-state index contributed by atoms with van der Waals surface area (Å²) in [6.07, 6.45) is 0. The third kappa shape index (κ3) is 7.19. The first-order chi connectivity index (χ1) is 4.77. The van der Waals surface area contributed by atoms with Gasteiger partial charge >= 0.3 is 6.03 Å². The summed E-state index contributed by atoms with van der Waals surface area (Å²) in [4.78, 5) is 10.1. The summed E-state index contributed by atoms with van der Waals surface area (Å²) in [5.74, 6) is 0. The minimum Gasteiger partial charge on any atom is -0.378 e. The van der Waals surface area contributed by atoms with E-state index in [1.165, 1.54) is 0 Å². The Labute approximate surface area is 59.7 Å². The molecule has 2 amide bonds. The van der Waals surface area contributed by atoms with Gasteiger partial charge in [0, 0.05) is 13.1 Å². The van der Waals surface area contributed by atoms with Crippen molar-refractivity contribution < 1.29 is 9.53 Å². The number of amides is 2. The van der Waals surface area contributed by atoms with Crippen LogP contribution in [0.25, 0.3) is 0 Å². The molecule has 0 heterocycles. The van der Waals surface area contributed by atoms with E-state index in [0.717, 1.165) is 0 Å². The highest BCUT2D eigenvalue weighted by molar-refractivity contribution is 5.71. The molecule has 0 aliphatic rings. The Morgan fingerprint density at radius 2 is 2.20 bits per heavy atom. The number of primary amides is 1. The third-order valence-corrected chi connectivity index (χ3v) is 0.808. The Balaban J connectivity index is 2.84. The molecule has 5 nitrogen and oxygen atoms in total. The Bertz CT molecular complexity index is 96.9. The molecule has 0 aromatic carbocycles.